The molecule has 1 aromatic heterocycles. The minimum absolute atomic E-state index is 0.0351. The van der Waals surface area contributed by atoms with Crippen LogP contribution in [0.3, 0.4) is 0 Å². The molecule has 1 heterocycles. The van der Waals surface area contributed by atoms with E-state index in [9.17, 15) is 14.7 Å². The van der Waals surface area contributed by atoms with Gasteiger partial charge in [0.1, 0.15) is 11.3 Å². The van der Waals surface area contributed by atoms with E-state index in [0.29, 0.717) is 22.3 Å². The van der Waals surface area contributed by atoms with Crippen molar-refractivity contribution in [2.75, 3.05) is 7.11 Å². The summed E-state index contributed by atoms with van der Waals surface area (Å²) in [5.41, 5.74) is 0.282. The second-order valence-electron chi connectivity index (χ2n) is 6.85. The molecule has 0 saturated heterocycles. The van der Waals surface area contributed by atoms with Crippen molar-refractivity contribution in [3.05, 3.63) is 40.2 Å². The van der Waals surface area contributed by atoms with Crippen LogP contribution < -0.4 is 10.4 Å². The Bertz CT molecular complexity index is 788. The molecule has 0 bridgehead atoms. The first-order valence-electron chi connectivity index (χ1n) is 7.49. The summed E-state index contributed by atoms with van der Waals surface area (Å²) in [6.45, 7) is 8.34. The predicted octanol–water partition coefficient (Wildman–Crippen LogP) is 3.70. The third kappa shape index (κ3) is 3.47. The third-order valence-corrected chi connectivity index (χ3v) is 7.52. The van der Waals surface area contributed by atoms with E-state index in [-0.39, 0.29) is 5.54 Å². The number of fused-ring (bicyclic) bond motifs is 1. The van der Waals surface area contributed by atoms with Crippen molar-refractivity contribution < 1.29 is 19.1 Å². The van der Waals surface area contributed by atoms with Crippen molar-refractivity contribution in [1.82, 2.24) is 0 Å². The molecule has 124 valence electrons. The number of carboxylic acid groups (broad SMARTS) is 1. The Hall–Kier alpha value is -2.08. The van der Waals surface area contributed by atoms with Crippen molar-refractivity contribution in [2.45, 2.75) is 38.0 Å². The molecule has 0 aliphatic rings. The topological polar surface area (TPSA) is 76.7 Å². The highest BCUT2D eigenvalue weighted by atomic mass is 28.3. The van der Waals surface area contributed by atoms with Crippen molar-refractivity contribution in [2.24, 2.45) is 0 Å². The van der Waals surface area contributed by atoms with Gasteiger partial charge in [0, 0.05) is 25.6 Å². The molecule has 0 radical (unpaired) electrons. The number of rotatable bonds is 5. The summed E-state index contributed by atoms with van der Waals surface area (Å²) in [5, 5.41) is 10.4. The second kappa shape index (κ2) is 6.20. The SMILES string of the molecule is COc1ccc2c(C(C(=O)O)C(C)[Si](C)(C)C)cc(=O)oc2c1. The number of aliphatic carboxylic acids is 1. The molecule has 0 aliphatic heterocycles. The normalized spacial score (nSPS) is 14.5. The molecule has 0 saturated carbocycles. The highest BCUT2D eigenvalue weighted by Gasteiger charge is 2.36. The Labute approximate surface area is 135 Å². The van der Waals surface area contributed by atoms with Crippen molar-refractivity contribution in [1.29, 1.82) is 0 Å². The maximum absolute atomic E-state index is 11.9. The molecule has 23 heavy (non-hydrogen) atoms. The van der Waals surface area contributed by atoms with E-state index in [1.54, 1.807) is 18.2 Å². The monoisotopic (exact) mass is 334 g/mol. The van der Waals surface area contributed by atoms with E-state index in [0.717, 1.165) is 0 Å². The molecule has 5 nitrogen and oxygen atoms in total. The molecule has 0 aliphatic carbocycles. The smallest absolute Gasteiger partial charge is 0.336 e. The first kappa shape index (κ1) is 17.3. The van der Waals surface area contributed by atoms with Crippen LogP contribution in [0.2, 0.25) is 25.2 Å². The fraction of sp³-hybridized carbons (Fsp3) is 0.412. The Morgan fingerprint density at radius 1 is 1.26 bits per heavy atom. The maximum Gasteiger partial charge on any atom is 0.336 e. The molecule has 6 heteroatoms. The zero-order valence-electron chi connectivity index (χ0n) is 14.0. The molecule has 2 unspecified atom stereocenters. The van der Waals surface area contributed by atoms with E-state index in [4.69, 9.17) is 9.15 Å². The van der Waals surface area contributed by atoms with Crippen LogP contribution >= 0.6 is 0 Å². The lowest BCUT2D eigenvalue weighted by atomic mass is 9.93. The van der Waals surface area contributed by atoms with Gasteiger partial charge < -0.3 is 14.3 Å². The fourth-order valence-corrected chi connectivity index (χ4v) is 3.99. The third-order valence-electron chi connectivity index (χ3n) is 4.45. The quantitative estimate of drug-likeness (QED) is 0.666. The summed E-state index contributed by atoms with van der Waals surface area (Å²) in [5.74, 6) is -1.09. The summed E-state index contributed by atoms with van der Waals surface area (Å²) in [7, 11) is -0.206. The molecule has 0 fully saturated rings. The van der Waals surface area contributed by atoms with Gasteiger partial charge in [-0.15, -0.1) is 0 Å². The summed E-state index contributed by atoms with van der Waals surface area (Å²) in [6.07, 6.45) is 0. The van der Waals surface area contributed by atoms with E-state index >= 15 is 0 Å². The number of hydrogen-bond acceptors (Lipinski definition) is 4. The largest absolute Gasteiger partial charge is 0.497 e. The van der Waals surface area contributed by atoms with Gasteiger partial charge in [0.2, 0.25) is 0 Å². The lowest BCUT2D eigenvalue weighted by Gasteiger charge is -2.31. The first-order valence-corrected chi connectivity index (χ1v) is 11.1. The predicted molar refractivity (Wildman–Crippen MR) is 92.2 cm³/mol. The van der Waals surface area contributed by atoms with Crippen LogP contribution in [0, 0.1) is 0 Å². The van der Waals surface area contributed by atoms with Gasteiger partial charge in [0.15, 0.2) is 0 Å². The Morgan fingerprint density at radius 3 is 2.43 bits per heavy atom. The Balaban J connectivity index is 2.73. The van der Waals surface area contributed by atoms with Gasteiger partial charge in [-0.2, -0.15) is 0 Å². The van der Waals surface area contributed by atoms with Crippen molar-refractivity contribution in [3.8, 4) is 5.75 Å². The summed E-state index contributed by atoms with van der Waals surface area (Å²) < 4.78 is 10.4. The van der Waals surface area contributed by atoms with Crippen molar-refractivity contribution >= 4 is 25.0 Å². The molecule has 0 spiro atoms. The minimum atomic E-state index is -1.73. The average Bonchev–Trinajstić information content (AvgIpc) is 2.45. The van der Waals surface area contributed by atoms with Gasteiger partial charge in [-0.3, -0.25) is 4.79 Å². The average molecular weight is 334 g/mol. The summed E-state index contributed by atoms with van der Waals surface area (Å²) in [4.78, 5) is 23.8. The van der Waals surface area contributed by atoms with Gasteiger partial charge in [-0.05, 0) is 23.2 Å². The van der Waals surface area contributed by atoms with Crippen LogP contribution in [0.4, 0.5) is 0 Å². The molecule has 1 aromatic carbocycles. The van der Waals surface area contributed by atoms with Crippen LogP contribution in [-0.4, -0.2) is 26.3 Å². The number of carboxylic acids is 1. The highest BCUT2D eigenvalue weighted by molar-refractivity contribution is 6.77. The van der Waals surface area contributed by atoms with E-state index < -0.39 is 25.6 Å². The molecule has 2 atom stereocenters. The molecule has 2 aromatic rings. The van der Waals surface area contributed by atoms with Crippen molar-refractivity contribution in [3.63, 3.8) is 0 Å². The van der Waals surface area contributed by atoms with Gasteiger partial charge in [0.05, 0.1) is 13.0 Å². The first-order chi connectivity index (χ1) is 10.6. The summed E-state index contributed by atoms with van der Waals surface area (Å²) in [6, 6.07) is 6.41. The van der Waals surface area contributed by atoms with E-state index in [2.05, 4.69) is 19.6 Å². The van der Waals surface area contributed by atoms with E-state index in [1.807, 2.05) is 6.92 Å². The lowest BCUT2D eigenvalue weighted by molar-refractivity contribution is -0.138. The Kier molecular flexibility index (Phi) is 4.65. The zero-order chi connectivity index (χ0) is 17.4. The number of methoxy groups -OCH3 is 1. The molecule has 1 N–H and O–H groups in total. The second-order valence-corrected chi connectivity index (χ2v) is 12.5. The fourth-order valence-electron chi connectivity index (χ4n) is 2.67. The van der Waals surface area contributed by atoms with Crippen LogP contribution in [-0.2, 0) is 4.79 Å². The van der Waals surface area contributed by atoms with Gasteiger partial charge in [-0.1, -0.05) is 26.6 Å². The highest BCUT2D eigenvalue weighted by Crippen LogP contribution is 2.39. The summed E-state index contributed by atoms with van der Waals surface area (Å²) >= 11 is 0. The number of ether oxygens (including phenoxy) is 1. The molecule has 2 rings (SSSR count). The zero-order valence-corrected chi connectivity index (χ0v) is 15.0. The number of benzene rings is 1. The Morgan fingerprint density at radius 2 is 1.91 bits per heavy atom. The van der Waals surface area contributed by atoms with Gasteiger partial charge in [0.25, 0.3) is 0 Å². The molecular weight excluding hydrogens is 312 g/mol. The standard InChI is InChI=1S/C17H22O5Si/c1-10(23(3,4)5)16(17(19)20)13-9-15(18)22-14-8-11(21-2)6-7-12(13)14/h6-10,16H,1-5H3,(H,19,20). The minimum Gasteiger partial charge on any atom is -0.497 e. The van der Waals surface area contributed by atoms with Crippen LogP contribution in [0.15, 0.2) is 33.5 Å². The van der Waals surface area contributed by atoms with Crippen LogP contribution in [0.25, 0.3) is 11.0 Å². The van der Waals surface area contributed by atoms with Gasteiger partial charge in [-0.25, -0.2) is 4.79 Å². The number of hydrogen-bond donors (Lipinski definition) is 1. The number of carbonyl (C=O) groups is 1. The molecular formula is C17H22O5Si. The van der Waals surface area contributed by atoms with Gasteiger partial charge >= 0.3 is 11.6 Å². The van der Waals surface area contributed by atoms with Crippen LogP contribution in [0.5, 0.6) is 5.75 Å². The lowest BCUT2D eigenvalue weighted by Crippen LogP contribution is -2.34. The van der Waals surface area contributed by atoms with E-state index in [1.165, 1.54) is 13.2 Å². The maximum atomic E-state index is 11.9. The van der Waals surface area contributed by atoms with Crippen LogP contribution in [0.1, 0.15) is 18.4 Å². The molecule has 0 amide bonds.